The van der Waals surface area contributed by atoms with Crippen LogP contribution in [0.5, 0.6) is 0 Å². The second kappa shape index (κ2) is 6.07. The van der Waals surface area contributed by atoms with Crippen molar-refractivity contribution in [3.63, 3.8) is 0 Å². The van der Waals surface area contributed by atoms with E-state index >= 15 is 0 Å². The number of hydrogen-bond acceptors (Lipinski definition) is 4. The van der Waals surface area contributed by atoms with Gasteiger partial charge in [-0.15, -0.1) is 0 Å². The minimum atomic E-state index is -0.454. The van der Waals surface area contributed by atoms with Crippen LogP contribution in [-0.4, -0.2) is 30.8 Å². The van der Waals surface area contributed by atoms with Crippen LogP contribution in [0.25, 0.3) is 0 Å². The maximum Gasteiger partial charge on any atom is 0.290 e. The molecule has 0 fully saturated rings. The zero-order chi connectivity index (χ0) is 12.8. The van der Waals surface area contributed by atoms with E-state index in [9.17, 15) is 9.90 Å². The van der Waals surface area contributed by atoms with Crippen LogP contribution < -0.4 is 5.32 Å². The number of aliphatic hydroxyl groups is 1. The van der Waals surface area contributed by atoms with E-state index in [1.165, 1.54) is 6.26 Å². The summed E-state index contributed by atoms with van der Waals surface area (Å²) in [6.07, 6.45) is 1.29. The van der Waals surface area contributed by atoms with Crippen LogP contribution in [-0.2, 0) is 14.3 Å². The van der Waals surface area contributed by atoms with Crippen molar-refractivity contribution in [2.24, 2.45) is 0 Å². The van der Waals surface area contributed by atoms with Crippen LogP contribution in [0.3, 0.4) is 0 Å². The number of carbonyl (C=O) groups excluding carboxylic acids is 1. The van der Waals surface area contributed by atoms with E-state index < -0.39 is 11.9 Å². The summed E-state index contributed by atoms with van der Waals surface area (Å²) in [5, 5.41) is 12.0. The van der Waals surface area contributed by atoms with Crippen molar-refractivity contribution in [1.82, 2.24) is 5.32 Å². The van der Waals surface area contributed by atoms with Crippen molar-refractivity contribution in [1.29, 1.82) is 0 Å². The van der Waals surface area contributed by atoms with Gasteiger partial charge in [0.1, 0.15) is 19.5 Å². The molecule has 0 radical (unpaired) electrons. The summed E-state index contributed by atoms with van der Waals surface area (Å²) in [6, 6.07) is 8.81. The maximum atomic E-state index is 11.8. The van der Waals surface area contributed by atoms with Crippen molar-refractivity contribution in [2.75, 3.05) is 19.8 Å². The normalized spacial score (nSPS) is 15.9. The van der Waals surface area contributed by atoms with Crippen LogP contribution >= 0.6 is 0 Å². The van der Waals surface area contributed by atoms with E-state index in [4.69, 9.17) is 9.47 Å². The number of aliphatic hydroxyl groups excluding tert-OH is 1. The minimum absolute atomic E-state index is 0.135. The number of amides is 1. The van der Waals surface area contributed by atoms with Crippen LogP contribution in [0.15, 0.2) is 42.4 Å². The van der Waals surface area contributed by atoms with Crippen molar-refractivity contribution in [2.45, 2.75) is 6.04 Å². The summed E-state index contributed by atoms with van der Waals surface area (Å²) in [7, 11) is 0. The van der Waals surface area contributed by atoms with Crippen LogP contribution in [0, 0.1) is 0 Å². The lowest BCUT2D eigenvalue weighted by Gasteiger charge is -2.19. The lowest BCUT2D eigenvalue weighted by molar-refractivity contribution is -0.123. The van der Waals surface area contributed by atoms with Crippen molar-refractivity contribution in [3.8, 4) is 0 Å². The highest BCUT2D eigenvalue weighted by Gasteiger charge is 2.19. The Kier molecular flexibility index (Phi) is 4.20. The smallest absolute Gasteiger partial charge is 0.290 e. The van der Waals surface area contributed by atoms with E-state index in [0.29, 0.717) is 13.2 Å². The number of hydrogen-bond donors (Lipinski definition) is 2. The van der Waals surface area contributed by atoms with Gasteiger partial charge in [-0.2, -0.15) is 0 Å². The average molecular weight is 249 g/mol. The van der Waals surface area contributed by atoms with Gasteiger partial charge in [-0.25, -0.2) is 0 Å². The van der Waals surface area contributed by atoms with Crippen LogP contribution in [0.4, 0.5) is 0 Å². The van der Waals surface area contributed by atoms with Crippen molar-refractivity contribution in [3.05, 3.63) is 47.9 Å². The zero-order valence-corrected chi connectivity index (χ0v) is 9.83. The zero-order valence-electron chi connectivity index (χ0n) is 9.83. The molecule has 0 spiro atoms. The Morgan fingerprint density at radius 1 is 1.33 bits per heavy atom. The standard InChI is InChI=1S/C13H15NO4/c15-8-11(10-4-2-1-3-5-10)14-13(16)12-9-17-6-7-18-12/h1-5,9,11,15H,6-8H2,(H,14,16)/t11-/m1/s1. The number of ether oxygens (including phenoxy) is 2. The van der Waals surface area contributed by atoms with E-state index in [-0.39, 0.29) is 12.4 Å². The molecule has 0 bridgehead atoms. The third kappa shape index (κ3) is 3.01. The van der Waals surface area contributed by atoms with E-state index in [1.54, 1.807) is 0 Å². The average Bonchev–Trinajstić information content (AvgIpc) is 2.46. The molecule has 1 aliphatic rings. The summed E-state index contributed by atoms with van der Waals surface area (Å²) in [4.78, 5) is 11.8. The minimum Gasteiger partial charge on any atom is -0.494 e. The molecule has 96 valence electrons. The molecule has 18 heavy (non-hydrogen) atoms. The topological polar surface area (TPSA) is 67.8 Å². The van der Waals surface area contributed by atoms with Crippen LogP contribution in [0.1, 0.15) is 11.6 Å². The Morgan fingerprint density at radius 3 is 2.72 bits per heavy atom. The summed E-state index contributed by atoms with van der Waals surface area (Å²) < 4.78 is 10.2. The van der Waals surface area contributed by atoms with Gasteiger partial charge < -0.3 is 19.9 Å². The molecule has 5 heteroatoms. The highest BCUT2D eigenvalue weighted by molar-refractivity contribution is 5.91. The molecule has 2 rings (SSSR count). The lowest BCUT2D eigenvalue weighted by atomic mass is 10.1. The molecule has 0 unspecified atom stereocenters. The van der Waals surface area contributed by atoms with Gasteiger partial charge in [-0.3, -0.25) is 4.79 Å². The van der Waals surface area contributed by atoms with Gasteiger partial charge in [-0.05, 0) is 5.56 Å². The lowest BCUT2D eigenvalue weighted by Crippen LogP contribution is -2.33. The molecule has 2 N–H and O–H groups in total. The Hall–Kier alpha value is -2.01. The fraction of sp³-hybridized carbons (Fsp3) is 0.308. The second-order valence-electron chi connectivity index (χ2n) is 3.82. The monoisotopic (exact) mass is 249 g/mol. The fourth-order valence-corrected chi connectivity index (χ4v) is 1.64. The van der Waals surface area contributed by atoms with Gasteiger partial charge >= 0.3 is 0 Å². The summed E-state index contributed by atoms with van der Waals surface area (Å²) in [5.74, 6) is -0.256. The van der Waals surface area contributed by atoms with Gasteiger partial charge in [0.05, 0.1) is 12.6 Å². The molecular weight excluding hydrogens is 234 g/mol. The number of nitrogens with one attached hydrogen (secondary N) is 1. The molecular formula is C13H15NO4. The molecule has 1 aromatic carbocycles. The molecule has 0 saturated heterocycles. The molecule has 1 atom stereocenters. The number of benzene rings is 1. The summed E-state index contributed by atoms with van der Waals surface area (Å²) in [6.45, 7) is 0.622. The molecule has 1 aliphatic heterocycles. The first-order chi connectivity index (χ1) is 8.81. The summed E-state index contributed by atoms with van der Waals surface area (Å²) in [5.41, 5.74) is 0.839. The van der Waals surface area contributed by atoms with Gasteiger partial charge in [0.15, 0.2) is 0 Å². The van der Waals surface area contributed by atoms with E-state index in [0.717, 1.165) is 5.56 Å². The molecule has 1 aromatic rings. The van der Waals surface area contributed by atoms with Gasteiger partial charge in [-0.1, -0.05) is 30.3 Å². The SMILES string of the molecule is O=C(N[C@H](CO)c1ccccc1)C1=COCCO1. The summed E-state index contributed by atoms with van der Waals surface area (Å²) >= 11 is 0. The van der Waals surface area contributed by atoms with Gasteiger partial charge in [0.2, 0.25) is 5.76 Å². The molecule has 5 nitrogen and oxygen atoms in total. The third-order valence-corrected chi connectivity index (χ3v) is 2.56. The molecule has 1 amide bonds. The molecule has 0 aromatic heterocycles. The Labute approximate surface area is 105 Å². The maximum absolute atomic E-state index is 11.8. The number of carbonyl (C=O) groups is 1. The highest BCUT2D eigenvalue weighted by atomic mass is 16.6. The Bertz CT molecular complexity index is 430. The van der Waals surface area contributed by atoms with Gasteiger partial charge in [0, 0.05) is 0 Å². The first kappa shape index (κ1) is 12.4. The highest BCUT2D eigenvalue weighted by Crippen LogP contribution is 2.13. The molecule has 0 aliphatic carbocycles. The Morgan fingerprint density at radius 2 is 2.11 bits per heavy atom. The van der Waals surface area contributed by atoms with E-state index in [1.807, 2.05) is 30.3 Å². The molecule has 1 heterocycles. The second-order valence-corrected chi connectivity index (χ2v) is 3.82. The van der Waals surface area contributed by atoms with Crippen LogP contribution in [0.2, 0.25) is 0 Å². The number of rotatable bonds is 4. The van der Waals surface area contributed by atoms with Gasteiger partial charge in [0.25, 0.3) is 5.91 Å². The first-order valence-electron chi connectivity index (χ1n) is 5.72. The fourth-order valence-electron chi connectivity index (χ4n) is 1.64. The van der Waals surface area contributed by atoms with Crippen molar-refractivity contribution >= 4 is 5.91 Å². The largest absolute Gasteiger partial charge is 0.494 e. The van der Waals surface area contributed by atoms with Crippen molar-refractivity contribution < 1.29 is 19.4 Å². The van der Waals surface area contributed by atoms with E-state index in [2.05, 4.69) is 5.32 Å². The quantitative estimate of drug-likeness (QED) is 0.825. The first-order valence-corrected chi connectivity index (χ1v) is 5.72. The molecule has 0 saturated carbocycles. The predicted octanol–water partition coefficient (Wildman–Crippen LogP) is 0.724. The predicted molar refractivity (Wildman–Crippen MR) is 64.4 cm³/mol. The Balaban J connectivity index is 2.02. The third-order valence-electron chi connectivity index (χ3n) is 2.56.